The van der Waals surface area contributed by atoms with Gasteiger partial charge in [-0.25, -0.2) is 0 Å². The van der Waals surface area contributed by atoms with E-state index < -0.39 is 0 Å². The van der Waals surface area contributed by atoms with Crippen molar-refractivity contribution in [1.29, 1.82) is 5.26 Å². The number of hydrogen-bond acceptors (Lipinski definition) is 2. The molecule has 0 saturated heterocycles. The highest BCUT2D eigenvalue weighted by Crippen LogP contribution is 2.00. The van der Waals surface area contributed by atoms with Gasteiger partial charge in [0.1, 0.15) is 18.9 Å². The smallest absolute Gasteiger partial charge is 0.106 e. The maximum atomic E-state index is 8.24. The summed E-state index contributed by atoms with van der Waals surface area (Å²) in [5, 5.41) is 8.24. The van der Waals surface area contributed by atoms with Gasteiger partial charge in [0, 0.05) is 0 Å². The number of hydrogen-bond donors (Lipinski definition) is 0. The van der Waals surface area contributed by atoms with Gasteiger partial charge in [-0.3, -0.25) is 0 Å². The summed E-state index contributed by atoms with van der Waals surface area (Å²) in [6.45, 7) is 0.588. The van der Waals surface area contributed by atoms with Gasteiger partial charge in [-0.2, -0.15) is 5.26 Å². The molecular weight excluding hydrogens is 102 g/mol. The number of allylic oxidation sites excluding steroid dienone is 2. The van der Waals surface area contributed by atoms with Gasteiger partial charge >= 0.3 is 0 Å². The maximum absolute atomic E-state index is 8.24. The normalized spacial score (nSPS) is 16.1. The Hall–Kier alpha value is -1.23. The van der Waals surface area contributed by atoms with Crippen LogP contribution < -0.4 is 0 Å². The van der Waals surface area contributed by atoms with Crippen LogP contribution >= 0.6 is 0 Å². The second-order valence-corrected chi connectivity index (χ2v) is 1.42. The van der Waals surface area contributed by atoms with Gasteiger partial charge in [-0.1, -0.05) is 0 Å². The maximum Gasteiger partial charge on any atom is 0.106 e. The molecule has 0 saturated carbocycles. The minimum Gasteiger partial charge on any atom is -0.496 e. The van der Waals surface area contributed by atoms with Gasteiger partial charge < -0.3 is 4.74 Å². The Balaban J connectivity index is 2.68. The summed E-state index contributed by atoms with van der Waals surface area (Å²) in [4.78, 5) is 0. The summed E-state index contributed by atoms with van der Waals surface area (Å²) in [6.07, 6.45) is 5.00. The molecule has 8 heavy (non-hydrogen) atoms. The molecule has 2 heteroatoms. The monoisotopic (exact) mass is 107 g/mol. The van der Waals surface area contributed by atoms with Crippen LogP contribution in [0.15, 0.2) is 24.0 Å². The van der Waals surface area contributed by atoms with Gasteiger partial charge in [-0.05, 0) is 12.2 Å². The summed E-state index contributed by atoms with van der Waals surface area (Å²) < 4.78 is 4.80. The average Bonchev–Trinajstić information content (AvgIpc) is 1.90. The molecule has 2 nitrogen and oxygen atoms in total. The number of rotatable bonds is 0. The Bertz CT molecular complexity index is 173. The third-order valence-electron chi connectivity index (χ3n) is 0.829. The van der Waals surface area contributed by atoms with Crippen molar-refractivity contribution >= 4 is 0 Å². The molecule has 0 radical (unpaired) electrons. The quantitative estimate of drug-likeness (QED) is 0.462. The van der Waals surface area contributed by atoms with Gasteiger partial charge in [-0.15, -0.1) is 0 Å². The number of nitrogens with zero attached hydrogens (tertiary/aromatic N) is 1. The van der Waals surface area contributed by atoms with Crippen LogP contribution in [0.2, 0.25) is 0 Å². The van der Waals surface area contributed by atoms with Crippen LogP contribution in [-0.4, -0.2) is 6.61 Å². The van der Waals surface area contributed by atoms with Crippen LogP contribution in [0, 0.1) is 11.3 Å². The highest BCUT2D eigenvalue weighted by molar-refractivity contribution is 5.32. The SMILES string of the molecule is N#CC1=COCC=C1. The highest BCUT2D eigenvalue weighted by atomic mass is 16.5. The van der Waals surface area contributed by atoms with Crippen LogP contribution in [0.5, 0.6) is 0 Å². The average molecular weight is 107 g/mol. The van der Waals surface area contributed by atoms with Crippen LogP contribution in [0.3, 0.4) is 0 Å². The van der Waals surface area contributed by atoms with Crippen molar-refractivity contribution in [2.75, 3.05) is 6.61 Å². The van der Waals surface area contributed by atoms with Crippen molar-refractivity contribution in [2.24, 2.45) is 0 Å². The third kappa shape index (κ3) is 0.881. The van der Waals surface area contributed by atoms with E-state index in [1.807, 2.05) is 6.07 Å². The van der Waals surface area contributed by atoms with Crippen molar-refractivity contribution in [3.63, 3.8) is 0 Å². The lowest BCUT2D eigenvalue weighted by Crippen LogP contribution is -1.88. The van der Waals surface area contributed by atoms with Crippen LogP contribution in [-0.2, 0) is 4.74 Å². The van der Waals surface area contributed by atoms with Gasteiger partial charge in [0.15, 0.2) is 0 Å². The molecule has 0 aromatic carbocycles. The second kappa shape index (κ2) is 2.17. The first kappa shape index (κ1) is 4.92. The van der Waals surface area contributed by atoms with E-state index in [1.165, 1.54) is 6.26 Å². The summed E-state index contributed by atoms with van der Waals surface area (Å²) in [7, 11) is 0. The van der Waals surface area contributed by atoms with E-state index >= 15 is 0 Å². The molecule has 0 bridgehead atoms. The van der Waals surface area contributed by atoms with E-state index in [0.29, 0.717) is 12.2 Å². The van der Waals surface area contributed by atoms with E-state index in [9.17, 15) is 0 Å². The Kier molecular flexibility index (Phi) is 1.34. The molecule has 0 N–H and O–H groups in total. The van der Waals surface area contributed by atoms with Crippen molar-refractivity contribution in [3.8, 4) is 6.07 Å². The zero-order valence-corrected chi connectivity index (χ0v) is 4.29. The van der Waals surface area contributed by atoms with E-state index in [4.69, 9.17) is 10.00 Å². The minimum absolute atomic E-state index is 0.580. The molecule has 0 amide bonds. The van der Waals surface area contributed by atoms with Crippen molar-refractivity contribution in [1.82, 2.24) is 0 Å². The molecule has 1 aliphatic rings. The minimum atomic E-state index is 0.580. The Morgan fingerprint density at radius 2 is 2.62 bits per heavy atom. The molecule has 1 rings (SSSR count). The molecule has 0 fully saturated rings. The molecule has 40 valence electrons. The molecule has 0 aromatic heterocycles. The second-order valence-electron chi connectivity index (χ2n) is 1.42. The standard InChI is InChI=1S/C6H5NO/c7-4-6-2-1-3-8-5-6/h1-2,5H,3H2. The van der Waals surface area contributed by atoms with E-state index in [2.05, 4.69) is 0 Å². The summed E-state index contributed by atoms with van der Waals surface area (Å²) in [6, 6.07) is 1.95. The fourth-order valence-corrected chi connectivity index (χ4v) is 0.471. The number of nitriles is 1. The lowest BCUT2D eigenvalue weighted by Gasteiger charge is -1.98. The lowest BCUT2D eigenvalue weighted by atomic mass is 10.3. The largest absolute Gasteiger partial charge is 0.496 e. The first-order valence-corrected chi connectivity index (χ1v) is 2.32. The first-order chi connectivity index (χ1) is 3.93. The predicted molar refractivity (Wildman–Crippen MR) is 28.8 cm³/mol. The topological polar surface area (TPSA) is 33.0 Å². The molecule has 0 unspecified atom stereocenters. The summed E-state index contributed by atoms with van der Waals surface area (Å²) in [5.74, 6) is 0. The molecule has 0 aliphatic carbocycles. The Labute approximate surface area is 47.7 Å². The fraction of sp³-hybridized carbons (Fsp3) is 0.167. The van der Waals surface area contributed by atoms with E-state index in [0.717, 1.165) is 0 Å². The predicted octanol–water partition coefficient (Wildman–Crippen LogP) is 0.980. The fourth-order valence-electron chi connectivity index (χ4n) is 0.471. The van der Waals surface area contributed by atoms with E-state index in [1.54, 1.807) is 12.2 Å². The third-order valence-corrected chi connectivity index (χ3v) is 0.829. The number of ether oxygens (including phenoxy) is 1. The molecule has 1 heterocycles. The van der Waals surface area contributed by atoms with Crippen molar-refractivity contribution in [2.45, 2.75) is 0 Å². The summed E-state index contributed by atoms with van der Waals surface area (Å²) in [5.41, 5.74) is 0.580. The molecule has 0 atom stereocenters. The molecule has 0 aromatic rings. The van der Waals surface area contributed by atoms with Gasteiger partial charge in [0.05, 0.1) is 5.57 Å². The molecule has 0 spiro atoms. The van der Waals surface area contributed by atoms with Gasteiger partial charge in [0.2, 0.25) is 0 Å². The van der Waals surface area contributed by atoms with Gasteiger partial charge in [0.25, 0.3) is 0 Å². The van der Waals surface area contributed by atoms with Crippen LogP contribution in [0.1, 0.15) is 0 Å². The zero-order valence-electron chi connectivity index (χ0n) is 4.29. The van der Waals surface area contributed by atoms with Crippen LogP contribution in [0.25, 0.3) is 0 Å². The molecule has 1 aliphatic heterocycles. The lowest BCUT2D eigenvalue weighted by molar-refractivity contribution is 0.284. The first-order valence-electron chi connectivity index (χ1n) is 2.32. The molecular formula is C6H5NO. The van der Waals surface area contributed by atoms with E-state index in [-0.39, 0.29) is 0 Å². The zero-order chi connectivity index (χ0) is 5.82. The highest BCUT2D eigenvalue weighted by Gasteiger charge is 1.91. The Morgan fingerprint density at radius 1 is 1.75 bits per heavy atom. The van der Waals surface area contributed by atoms with Crippen LogP contribution in [0.4, 0.5) is 0 Å². The Morgan fingerprint density at radius 3 is 3.00 bits per heavy atom. The van der Waals surface area contributed by atoms with Crippen molar-refractivity contribution < 1.29 is 4.74 Å². The van der Waals surface area contributed by atoms with Crippen molar-refractivity contribution in [3.05, 3.63) is 24.0 Å². The summed E-state index contributed by atoms with van der Waals surface area (Å²) >= 11 is 0.